The van der Waals surface area contributed by atoms with E-state index in [1.807, 2.05) is 52.1 Å². The van der Waals surface area contributed by atoms with Crippen LogP contribution in [0.3, 0.4) is 0 Å². The van der Waals surface area contributed by atoms with Crippen molar-refractivity contribution in [2.75, 3.05) is 0 Å². The molecule has 0 spiro atoms. The summed E-state index contributed by atoms with van der Waals surface area (Å²) in [6.45, 7) is 5.59. The predicted molar refractivity (Wildman–Crippen MR) is 72.5 cm³/mol. The number of aryl methyl sites for hydroxylation is 4. The second-order valence-corrected chi connectivity index (χ2v) is 4.16. The van der Waals surface area contributed by atoms with E-state index in [4.69, 9.17) is 0 Å². The number of aromatic nitrogens is 6. The SMILES string of the molecule is Cc1nc(C)nc(C)n1.Cn1nc2ccccc2n1. The average molecular weight is 256 g/mol. The Morgan fingerprint density at radius 3 is 1.47 bits per heavy atom. The Hall–Kier alpha value is -2.37. The first-order chi connectivity index (χ1) is 9.04. The molecule has 6 nitrogen and oxygen atoms in total. The van der Waals surface area contributed by atoms with E-state index in [9.17, 15) is 0 Å². The van der Waals surface area contributed by atoms with Gasteiger partial charge in [-0.15, -0.1) is 0 Å². The van der Waals surface area contributed by atoms with Gasteiger partial charge in [-0.2, -0.15) is 15.0 Å². The lowest BCUT2D eigenvalue weighted by Gasteiger charge is -1.94. The molecule has 0 amide bonds. The Kier molecular flexibility index (Phi) is 3.79. The Morgan fingerprint density at radius 1 is 0.737 bits per heavy atom. The maximum absolute atomic E-state index is 4.12. The van der Waals surface area contributed by atoms with Crippen molar-refractivity contribution in [1.29, 1.82) is 0 Å². The first kappa shape index (κ1) is 13.1. The van der Waals surface area contributed by atoms with Gasteiger partial charge in [-0.3, -0.25) is 0 Å². The Bertz CT molecular complexity index is 605. The van der Waals surface area contributed by atoms with Gasteiger partial charge >= 0.3 is 0 Å². The summed E-state index contributed by atoms with van der Waals surface area (Å²) in [7, 11) is 1.82. The van der Waals surface area contributed by atoms with Gasteiger partial charge in [0.2, 0.25) is 0 Å². The summed E-state index contributed by atoms with van der Waals surface area (Å²) in [4.78, 5) is 13.6. The second kappa shape index (κ2) is 5.51. The van der Waals surface area contributed by atoms with Gasteiger partial charge in [0.05, 0.1) is 0 Å². The lowest BCUT2D eigenvalue weighted by atomic mass is 10.3. The van der Waals surface area contributed by atoms with Gasteiger partial charge in [-0.05, 0) is 32.9 Å². The fourth-order valence-corrected chi connectivity index (χ4v) is 1.74. The van der Waals surface area contributed by atoms with Crippen LogP contribution < -0.4 is 0 Å². The van der Waals surface area contributed by atoms with Crippen LogP contribution in [0, 0.1) is 20.8 Å². The van der Waals surface area contributed by atoms with Crippen LogP contribution in [-0.4, -0.2) is 29.9 Å². The standard InChI is InChI=1S/C7H7N3.C6H9N3/c1-10-8-6-4-2-3-5-7(6)9-10;1-4-7-5(2)9-6(3)8-4/h2-5H,1H3;1-3H3. The zero-order chi connectivity index (χ0) is 13.8. The van der Waals surface area contributed by atoms with Gasteiger partial charge in [0, 0.05) is 7.05 Å². The molecular formula is C13H16N6. The second-order valence-electron chi connectivity index (χ2n) is 4.16. The Balaban J connectivity index is 0.000000141. The molecular weight excluding hydrogens is 240 g/mol. The highest BCUT2D eigenvalue weighted by atomic mass is 15.4. The molecule has 1 aromatic carbocycles. The summed E-state index contributed by atoms with van der Waals surface area (Å²) in [5, 5.41) is 8.24. The molecule has 0 saturated heterocycles. The first-order valence-electron chi connectivity index (χ1n) is 5.96. The van der Waals surface area contributed by atoms with E-state index in [0.717, 1.165) is 28.5 Å². The number of fused-ring (bicyclic) bond motifs is 1. The normalized spacial score (nSPS) is 10.1. The van der Waals surface area contributed by atoms with Crippen LogP contribution in [0.2, 0.25) is 0 Å². The molecule has 0 unspecified atom stereocenters. The quantitative estimate of drug-likeness (QED) is 0.613. The molecule has 0 radical (unpaired) electrons. The van der Waals surface area contributed by atoms with E-state index >= 15 is 0 Å². The first-order valence-corrected chi connectivity index (χ1v) is 5.96. The molecule has 0 atom stereocenters. The van der Waals surface area contributed by atoms with Crippen LogP contribution >= 0.6 is 0 Å². The lowest BCUT2D eigenvalue weighted by Crippen LogP contribution is -1.97. The van der Waals surface area contributed by atoms with Crippen molar-refractivity contribution in [3.63, 3.8) is 0 Å². The topological polar surface area (TPSA) is 69.4 Å². The van der Waals surface area contributed by atoms with Crippen molar-refractivity contribution in [3.8, 4) is 0 Å². The van der Waals surface area contributed by atoms with Gasteiger partial charge in [0.1, 0.15) is 28.5 Å². The van der Waals surface area contributed by atoms with Crippen molar-refractivity contribution in [3.05, 3.63) is 41.7 Å². The highest BCUT2D eigenvalue weighted by molar-refractivity contribution is 5.72. The molecule has 19 heavy (non-hydrogen) atoms. The van der Waals surface area contributed by atoms with E-state index < -0.39 is 0 Å². The zero-order valence-corrected chi connectivity index (χ0v) is 11.5. The van der Waals surface area contributed by atoms with E-state index in [-0.39, 0.29) is 0 Å². The molecule has 0 N–H and O–H groups in total. The molecule has 0 saturated carbocycles. The summed E-state index contributed by atoms with van der Waals surface area (Å²) in [6, 6.07) is 7.80. The summed E-state index contributed by atoms with van der Waals surface area (Å²) < 4.78 is 0. The van der Waals surface area contributed by atoms with Crippen molar-refractivity contribution >= 4 is 11.0 Å². The minimum atomic E-state index is 0.792. The molecule has 98 valence electrons. The van der Waals surface area contributed by atoms with E-state index in [1.165, 1.54) is 0 Å². The molecule has 2 heterocycles. The Labute approximate surface area is 111 Å². The largest absolute Gasteiger partial charge is 0.219 e. The molecule has 0 fully saturated rings. The lowest BCUT2D eigenvalue weighted by molar-refractivity contribution is 0.665. The number of benzene rings is 1. The maximum atomic E-state index is 4.12. The third-order valence-corrected chi connectivity index (χ3v) is 2.36. The van der Waals surface area contributed by atoms with E-state index in [1.54, 1.807) is 4.80 Å². The summed E-state index contributed by atoms with van der Waals surface area (Å²) in [5.74, 6) is 2.38. The van der Waals surface area contributed by atoms with Crippen LogP contribution in [0.25, 0.3) is 11.0 Å². The number of nitrogens with zero attached hydrogens (tertiary/aromatic N) is 6. The molecule has 3 aromatic rings. The molecule has 0 aliphatic heterocycles. The third-order valence-electron chi connectivity index (χ3n) is 2.36. The average Bonchev–Trinajstić information content (AvgIpc) is 2.67. The maximum Gasteiger partial charge on any atom is 0.129 e. The van der Waals surface area contributed by atoms with E-state index in [0.29, 0.717) is 0 Å². The van der Waals surface area contributed by atoms with Crippen LogP contribution in [-0.2, 0) is 7.05 Å². The van der Waals surface area contributed by atoms with Gasteiger partial charge in [-0.1, -0.05) is 12.1 Å². The van der Waals surface area contributed by atoms with Gasteiger partial charge in [0.15, 0.2) is 0 Å². The number of rotatable bonds is 0. The molecule has 3 rings (SSSR count). The summed E-state index contributed by atoms with van der Waals surface area (Å²) in [5.41, 5.74) is 1.90. The summed E-state index contributed by atoms with van der Waals surface area (Å²) in [6.07, 6.45) is 0. The van der Waals surface area contributed by atoms with Crippen molar-refractivity contribution < 1.29 is 0 Å². The van der Waals surface area contributed by atoms with Crippen LogP contribution in [0.1, 0.15) is 17.5 Å². The fraction of sp³-hybridized carbons (Fsp3) is 0.308. The van der Waals surface area contributed by atoms with Gasteiger partial charge in [0.25, 0.3) is 0 Å². The minimum absolute atomic E-state index is 0.792. The third kappa shape index (κ3) is 3.54. The van der Waals surface area contributed by atoms with Gasteiger partial charge < -0.3 is 0 Å². The number of hydrogen-bond donors (Lipinski definition) is 0. The predicted octanol–water partition coefficient (Wildman–Crippen LogP) is 1.77. The van der Waals surface area contributed by atoms with Crippen molar-refractivity contribution in [2.24, 2.45) is 7.05 Å². The molecule has 0 aliphatic carbocycles. The molecule has 0 aliphatic rings. The Morgan fingerprint density at radius 2 is 1.11 bits per heavy atom. The highest BCUT2D eigenvalue weighted by Crippen LogP contribution is 2.05. The van der Waals surface area contributed by atoms with Crippen molar-refractivity contribution in [2.45, 2.75) is 20.8 Å². The van der Waals surface area contributed by atoms with Crippen LogP contribution in [0.4, 0.5) is 0 Å². The molecule has 2 aromatic heterocycles. The highest BCUT2D eigenvalue weighted by Gasteiger charge is 1.94. The van der Waals surface area contributed by atoms with E-state index in [2.05, 4.69) is 25.1 Å². The summed E-state index contributed by atoms with van der Waals surface area (Å²) >= 11 is 0. The zero-order valence-electron chi connectivity index (χ0n) is 11.5. The van der Waals surface area contributed by atoms with Gasteiger partial charge in [-0.25, -0.2) is 15.0 Å². The van der Waals surface area contributed by atoms with Crippen LogP contribution in [0.5, 0.6) is 0 Å². The monoisotopic (exact) mass is 256 g/mol. The number of hydrogen-bond acceptors (Lipinski definition) is 5. The minimum Gasteiger partial charge on any atom is -0.219 e. The van der Waals surface area contributed by atoms with Crippen LogP contribution in [0.15, 0.2) is 24.3 Å². The molecule has 6 heteroatoms. The smallest absolute Gasteiger partial charge is 0.129 e. The van der Waals surface area contributed by atoms with Crippen molar-refractivity contribution in [1.82, 2.24) is 29.9 Å². The fourth-order valence-electron chi connectivity index (χ4n) is 1.74. The molecule has 0 bridgehead atoms.